The number of rotatable bonds is 10. The minimum atomic E-state index is -3.92. The molecule has 0 aliphatic rings. The fourth-order valence-electron chi connectivity index (χ4n) is 3.35. The monoisotopic (exact) mass is 509 g/mol. The van der Waals surface area contributed by atoms with Crippen LogP contribution in [0.5, 0.6) is 11.5 Å². The van der Waals surface area contributed by atoms with Crippen LogP contribution in [0.25, 0.3) is 0 Å². The molecule has 188 valence electrons. The Labute approximate surface area is 209 Å². The van der Waals surface area contributed by atoms with Gasteiger partial charge in [0.1, 0.15) is 11.5 Å². The number of nitrogens with two attached hydrogens (primary N) is 1. The number of guanidine groups is 1. The summed E-state index contributed by atoms with van der Waals surface area (Å²) in [5.74, 6) is -0.216. The lowest BCUT2D eigenvalue weighted by molar-refractivity contribution is -0.115. The molecule has 0 bridgehead atoms. The van der Waals surface area contributed by atoms with Gasteiger partial charge in [0.25, 0.3) is 0 Å². The Balaban J connectivity index is 1.91. The Morgan fingerprint density at radius 1 is 0.833 bits per heavy atom. The van der Waals surface area contributed by atoms with Gasteiger partial charge in [-0.05, 0) is 54.1 Å². The topological polar surface area (TPSA) is 156 Å². The smallest absolute Gasteiger partial charge is 0.416 e. The second-order valence-electron chi connectivity index (χ2n) is 7.91. The van der Waals surface area contributed by atoms with Crippen LogP contribution in [-0.4, -0.2) is 23.9 Å². The van der Waals surface area contributed by atoms with E-state index in [1.165, 1.54) is 13.8 Å². The van der Waals surface area contributed by atoms with Gasteiger partial charge in [-0.25, -0.2) is 4.57 Å². The zero-order valence-corrected chi connectivity index (χ0v) is 20.8. The number of anilines is 2. The number of benzene rings is 3. The van der Waals surface area contributed by atoms with E-state index >= 15 is 0 Å². The highest BCUT2D eigenvalue weighted by Gasteiger charge is 2.33. The Hall–Kier alpha value is -4.30. The van der Waals surface area contributed by atoms with Crippen molar-refractivity contribution in [3.63, 3.8) is 0 Å². The number of hydrogen-bond acceptors (Lipinski definition) is 6. The van der Waals surface area contributed by atoms with Gasteiger partial charge in [0.15, 0.2) is 5.96 Å². The van der Waals surface area contributed by atoms with Crippen molar-refractivity contribution in [1.29, 1.82) is 5.41 Å². The summed E-state index contributed by atoms with van der Waals surface area (Å²) in [5, 5.41) is 15.8. The standard InChI is InChI=1S/C25H28N5O5P/c1-17(31)28-20-8-12-22(13-9-20)34-36(33,35-23-14-10-21(11-15-23)29-18(2)32)16-24(30-25(26)27)19-6-4-3-5-7-19/h3-15,24H,16H2,1-2H3,(H,28,31)(H,29,32)(H4,26,27,30). The van der Waals surface area contributed by atoms with Gasteiger partial charge in [0.05, 0.1) is 12.2 Å². The van der Waals surface area contributed by atoms with Crippen molar-refractivity contribution in [2.75, 3.05) is 16.8 Å². The maximum absolute atomic E-state index is 14.1. The molecule has 2 amide bonds. The number of amides is 2. The molecule has 0 aliphatic heterocycles. The zero-order chi connectivity index (χ0) is 26.1. The summed E-state index contributed by atoms with van der Waals surface area (Å²) < 4.78 is 25.9. The maximum atomic E-state index is 14.1. The molecule has 1 unspecified atom stereocenters. The lowest BCUT2D eigenvalue weighted by Gasteiger charge is -2.26. The van der Waals surface area contributed by atoms with E-state index in [9.17, 15) is 14.2 Å². The van der Waals surface area contributed by atoms with E-state index in [-0.39, 0.29) is 35.4 Å². The Kier molecular flexibility index (Phi) is 8.70. The highest BCUT2D eigenvalue weighted by molar-refractivity contribution is 7.54. The molecule has 0 saturated carbocycles. The van der Waals surface area contributed by atoms with E-state index in [2.05, 4.69) is 16.0 Å². The summed E-state index contributed by atoms with van der Waals surface area (Å²) in [6.07, 6.45) is -0.155. The van der Waals surface area contributed by atoms with E-state index in [1.54, 1.807) is 48.5 Å². The Bertz CT molecular complexity index is 1180. The SMILES string of the molecule is CC(=O)Nc1ccc(OP(=O)(CC(NC(=N)N)c2ccccc2)Oc2ccc(NC(C)=O)cc2)cc1. The van der Waals surface area contributed by atoms with Crippen molar-refractivity contribution < 1.29 is 23.2 Å². The van der Waals surface area contributed by atoms with E-state index in [1.807, 2.05) is 30.3 Å². The molecule has 3 rings (SSSR count). The largest absolute Gasteiger partial charge is 0.433 e. The molecule has 0 aromatic heterocycles. The third-order valence-electron chi connectivity index (χ3n) is 4.78. The number of nitrogens with one attached hydrogen (secondary N) is 4. The Morgan fingerprint density at radius 2 is 1.28 bits per heavy atom. The molecule has 0 aliphatic carbocycles. The summed E-state index contributed by atoms with van der Waals surface area (Å²) in [5.41, 5.74) is 7.45. The first-order valence-corrected chi connectivity index (χ1v) is 12.7. The first kappa shape index (κ1) is 26.3. The number of hydrogen-bond donors (Lipinski definition) is 5. The van der Waals surface area contributed by atoms with Crippen molar-refractivity contribution in [3.8, 4) is 11.5 Å². The molecule has 1 atom stereocenters. The zero-order valence-electron chi connectivity index (χ0n) is 19.9. The van der Waals surface area contributed by atoms with Crippen molar-refractivity contribution in [1.82, 2.24) is 5.32 Å². The van der Waals surface area contributed by atoms with Crippen LogP contribution >= 0.6 is 7.60 Å². The minimum absolute atomic E-state index is 0.155. The van der Waals surface area contributed by atoms with E-state index in [0.717, 1.165) is 5.56 Å². The van der Waals surface area contributed by atoms with Crippen molar-refractivity contribution in [2.45, 2.75) is 19.9 Å². The molecular formula is C25H28N5O5P. The van der Waals surface area contributed by atoms with Crippen LogP contribution < -0.4 is 30.7 Å². The number of carbonyl (C=O) groups is 2. The predicted molar refractivity (Wildman–Crippen MR) is 139 cm³/mol. The number of carbonyl (C=O) groups excluding carboxylic acids is 2. The molecule has 3 aromatic rings. The summed E-state index contributed by atoms with van der Waals surface area (Å²) in [6.45, 7) is 2.80. The van der Waals surface area contributed by atoms with Crippen LogP contribution in [0, 0.1) is 5.41 Å². The molecular weight excluding hydrogens is 481 g/mol. The van der Waals surface area contributed by atoms with E-state index in [0.29, 0.717) is 11.4 Å². The van der Waals surface area contributed by atoms with Gasteiger partial charge in [-0.1, -0.05) is 30.3 Å². The highest BCUT2D eigenvalue weighted by atomic mass is 31.2. The predicted octanol–water partition coefficient (Wildman–Crippen LogP) is 4.48. The van der Waals surface area contributed by atoms with Crippen LogP contribution in [0.15, 0.2) is 78.9 Å². The van der Waals surface area contributed by atoms with Crippen LogP contribution in [-0.2, 0) is 14.2 Å². The fourth-order valence-corrected chi connectivity index (χ4v) is 5.17. The average molecular weight is 510 g/mol. The van der Waals surface area contributed by atoms with Gasteiger partial charge in [-0.3, -0.25) is 15.0 Å². The van der Waals surface area contributed by atoms with Gasteiger partial charge in [0.2, 0.25) is 11.8 Å². The normalized spacial score (nSPS) is 11.6. The molecule has 10 nitrogen and oxygen atoms in total. The summed E-state index contributed by atoms with van der Waals surface area (Å²) in [4.78, 5) is 22.6. The first-order valence-electron chi connectivity index (χ1n) is 11.0. The molecule has 0 fully saturated rings. The fraction of sp³-hybridized carbons (Fsp3) is 0.160. The van der Waals surface area contributed by atoms with Crippen molar-refractivity contribution in [2.24, 2.45) is 5.73 Å². The van der Waals surface area contributed by atoms with Gasteiger partial charge < -0.3 is 30.7 Å². The van der Waals surface area contributed by atoms with Gasteiger partial charge >= 0.3 is 7.60 Å². The third-order valence-corrected chi connectivity index (χ3v) is 6.57. The minimum Gasteiger partial charge on any atom is -0.416 e. The second kappa shape index (κ2) is 11.9. The lowest BCUT2D eigenvalue weighted by Crippen LogP contribution is -2.36. The van der Waals surface area contributed by atoms with Crippen LogP contribution in [0.2, 0.25) is 0 Å². The molecule has 0 heterocycles. The average Bonchev–Trinajstić information content (AvgIpc) is 2.81. The quantitative estimate of drug-likeness (QED) is 0.153. The summed E-state index contributed by atoms with van der Waals surface area (Å²) in [7, 11) is -3.92. The molecule has 11 heteroatoms. The van der Waals surface area contributed by atoms with Gasteiger partial charge in [0, 0.05) is 25.2 Å². The second-order valence-corrected chi connectivity index (χ2v) is 9.86. The molecule has 0 radical (unpaired) electrons. The highest BCUT2D eigenvalue weighted by Crippen LogP contribution is 2.51. The Morgan fingerprint density at radius 3 is 1.67 bits per heavy atom. The molecule has 3 aromatic carbocycles. The van der Waals surface area contributed by atoms with Crippen LogP contribution in [0.3, 0.4) is 0 Å². The van der Waals surface area contributed by atoms with Crippen LogP contribution in [0.1, 0.15) is 25.5 Å². The van der Waals surface area contributed by atoms with Crippen molar-refractivity contribution in [3.05, 3.63) is 84.4 Å². The lowest BCUT2D eigenvalue weighted by atomic mass is 10.1. The molecule has 6 N–H and O–H groups in total. The van der Waals surface area contributed by atoms with Crippen LogP contribution in [0.4, 0.5) is 11.4 Å². The van der Waals surface area contributed by atoms with E-state index in [4.69, 9.17) is 20.2 Å². The summed E-state index contributed by atoms with van der Waals surface area (Å²) >= 11 is 0. The summed E-state index contributed by atoms with van der Waals surface area (Å²) in [6, 6.07) is 21.2. The molecule has 0 saturated heterocycles. The maximum Gasteiger partial charge on any atom is 0.433 e. The van der Waals surface area contributed by atoms with Crippen molar-refractivity contribution >= 4 is 36.7 Å². The third kappa shape index (κ3) is 8.18. The van der Waals surface area contributed by atoms with Gasteiger partial charge in [-0.2, -0.15) is 0 Å². The molecule has 0 spiro atoms. The van der Waals surface area contributed by atoms with E-state index < -0.39 is 13.6 Å². The first-order chi connectivity index (χ1) is 17.1. The van der Waals surface area contributed by atoms with Gasteiger partial charge in [-0.15, -0.1) is 0 Å². The molecule has 36 heavy (non-hydrogen) atoms.